The first-order chi connectivity index (χ1) is 13.9. The monoisotopic (exact) mass is 525 g/mol. The Hall–Kier alpha value is 0.884. The van der Waals surface area contributed by atoms with E-state index in [-0.39, 0.29) is 0 Å². The van der Waals surface area contributed by atoms with Gasteiger partial charge in [0.1, 0.15) is 16.5 Å². The molecule has 0 spiro atoms. The van der Waals surface area contributed by atoms with Crippen molar-refractivity contribution in [2.24, 2.45) is 0 Å². The highest BCUT2D eigenvalue weighted by atomic mass is 28.4. The number of hydrogen-bond acceptors (Lipinski definition) is 5. The van der Waals surface area contributed by atoms with E-state index in [1.54, 1.807) is 0 Å². The van der Waals surface area contributed by atoms with E-state index in [2.05, 4.69) is 69.7 Å². The van der Waals surface area contributed by atoms with E-state index in [1.165, 1.54) is 19.0 Å². The fourth-order valence-electron chi connectivity index (χ4n) is 4.65. The van der Waals surface area contributed by atoms with E-state index in [0.717, 1.165) is 12.1 Å². The molecule has 0 heterocycles. The third-order valence-electron chi connectivity index (χ3n) is 5.46. The molecule has 0 aliphatic rings. The zero-order valence-electron chi connectivity index (χ0n) is 23.2. The highest BCUT2D eigenvalue weighted by Crippen LogP contribution is 2.29. The first kappa shape index (κ1) is 31.9. The summed E-state index contributed by atoms with van der Waals surface area (Å²) in [7, 11) is -8.70. The average molecular weight is 526 g/mol. The predicted octanol–water partition coefficient (Wildman–Crippen LogP) is 6.82. The molecule has 10 heteroatoms. The predicted molar refractivity (Wildman–Crippen MR) is 149 cm³/mol. The second-order valence-corrected chi connectivity index (χ2v) is 33.5. The van der Waals surface area contributed by atoms with Gasteiger partial charge in [-0.05, 0) is 72.0 Å². The van der Waals surface area contributed by atoms with Crippen molar-refractivity contribution >= 4 is 41.9 Å². The molecule has 0 radical (unpaired) electrons. The number of nitrogens with zero attached hydrogens (tertiary/aromatic N) is 1. The van der Waals surface area contributed by atoms with Crippen LogP contribution in [0.15, 0.2) is 0 Å². The van der Waals surface area contributed by atoms with Crippen LogP contribution in [-0.4, -0.2) is 72.5 Å². The van der Waals surface area contributed by atoms with Crippen LogP contribution >= 0.6 is 0 Å². The molecule has 0 rings (SSSR count). The van der Waals surface area contributed by atoms with Crippen molar-refractivity contribution in [3.63, 3.8) is 0 Å². The van der Waals surface area contributed by atoms with Gasteiger partial charge < -0.3 is 21.6 Å². The molecule has 5 nitrogen and oxygen atoms in total. The van der Waals surface area contributed by atoms with Crippen molar-refractivity contribution in [3.8, 4) is 0 Å². The van der Waals surface area contributed by atoms with Crippen molar-refractivity contribution in [2.45, 2.75) is 111 Å². The minimum Gasteiger partial charge on any atom is -0.456 e. The second-order valence-electron chi connectivity index (χ2n) is 11.7. The third-order valence-corrected chi connectivity index (χ3v) is 24.2. The van der Waals surface area contributed by atoms with Crippen molar-refractivity contribution in [1.29, 1.82) is 0 Å². The summed E-state index contributed by atoms with van der Waals surface area (Å²) in [5.74, 6) is 0. The maximum atomic E-state index is 6.95. The van der Waals surface area contributed by atoms with E-state index < -0.39 is 41.9 Å². The molecule has 0 aromatic heterocycles. The summed E-state index contributed by atoms with van der Waals surface area (Å²) < 4.78 is 28.0. The van der Waals surface area contributed by atoms with Gasteiger partial charge in [0.25, 0.3) is 0 Å². The van der Waals surface area contributed by atoms with Gasteiger partial charge in [-0.25, -0.2) is 0 Å². The standard InChI is InChI=1S/C21H55NO4Si5/c1-14-23-31(24-15-2,25-16-3)21-20-30(12,13)26-29(10,11)19-17-18-22(27(4,5)6)28(7,8)9/h14-21H2,1-13H3. The minimum absolute atomic E-state index is 0.639. The summed E-state index contributed by atoms with van der Waals surface area (Å²) in [6.07, 6.45) is 1.26. The average Bonchev–Trinajstić information content (AvgIpc) is 2.55. The molecule has 0 fully saturated rings. The minimum atomic E-state index is -2.59. The maximum absolute atomic E-state index is 6.95. The van der Waals surface area contributed by atoms with Crippen LogP contribution in [0.4, 0.5) is 0 Å². The van der Waals surface area contributed by atoms with Crippen molar-refractivity contribution in [1.82, 2.24) is 4.23 Å². The van der Waals surface area contributed by atoms with Crippen molar-refractivity contribution < 1.29 is 17.4 Å². The lowest BCUT2D eigenvalue weighted by Gasteiger charge is -2.44. The first-order valence-electron chi connectivity index (χ1n) is 12.3. The molecular weight excluding hydrogens is 471 g/mol. The molecule has 0 aromatic rings. The lowest BCUT2D eigenvalue weighted by atomic mass is 10.5. The Kier molecular flexibility index (Phi) is 13.5. The van der Waals surface area contributed by atoms with Crippen LogP contribution in [0.5, 0.6) is 0 Å². The zero-order chi connectivity index (χ0) is 24.6. The quantitative estimate of drug-likeness (QED) is 0.195. The van der Waals surface area contributed by atoms with Crippen LogP contribution in [-0.2, 0) is 17.4 Å². The van der Waals surface area contributed by atoms with E-state index in [1.807, 2.05) is 20.8 Å². The van der Waals surface area contributed by atoms with Crippen LogP contribution in [0.25, 0.3) is 0 Å². The molecular formula is C21H55NO4Si5. The Morgan fingerprint density at radius 1 is 0.548 bits per heavy atom. The molecule has 0 aliphatic heterocycles. The Bertz CT molecular complexity index is 476. The summed E-state index contributed by atoms with van der Waals surface area (Å²) >= 11 is 0. The molecule has 188 valence electrons. The summed E-state index contributed by atoms with van der Waals surface area (Å²) in [5, 5.41) is 0. The van der Waals surface area contributed by atoms with Crippen molar-refractivity contribution in [3.05, 3.63) is 0 Å². The van der Waals surface area contributed by atoms with Crippen LogP contribution in [0, 0.1) is 0 Å². The van der Waals surface area contributed by atoms with Crippen molar-refractivity contribution in [2.75, 3.05) is 26.4 Å². The smallest absolute Gasteiger partial charge is 0.456 e. The Morgan fingerprint density at radius 3 is 1.29 bits per heavy atom. The molecule has 0 aliphatic carbocycles. The van der Waals surface area contributed by atoms with Gasteiger partial charge >= 0.3 is 8.80 Å². The largest absolute Gasteiger partial charge is 0.500 e. The Balaban J connectivity index is 4.98. The van der Waals surface area contributed by atoms with Gasteiger partial charge in [0, 0.05) is 25.9 Å². The van der Waals surface area contributed by atoms with Gasteiger partial charge in [-0.2, -0.15) is 0 Å². The van der Waals surface area contributed by atoms with Gasteiger partial charge in [0.05, 0.1) is 0 Å². The molecule has 31 heavy (non-hydrogen) atoms. The van der Waals surface area contributed by atoms with Gasteiger partial charge in [0.2, 0.25) is 0 Å². The highest BCUT2D eigenvalue weighted by molar-refractivity contribution is 6.89. The van der Waals surface area contributed by atoms with Crippen LogP contribution in [0.3, 0.4) is 0 Å². The summed E-state index contributed by atoms with van der Waals surface area (Å²) in [5.41, 5.74) is 0. The fourth-order valence-corrected chi connectivity index (χ4v) is 27.8. The summed E-state index contributed by atoms with van der Waals surface area (Å²) in [6, 6.07) is 3.14. The lowest BCUT2D eigenvalue weighted by Crippen LogP contribution is -2.59. The molecule has 0 amide bonds. The molecule has 0 saturated carbocycles. The van der Waals surface area contributed by atoms with Crippen LogP contribution < -0.4 is 0 Å². The molecule has 0 atom stereocenters. The zero-order valence-corrected chi connectivity index (χ0v) is 28.2. The second kappa shape index (κ2) is 13.1. The van der Waals surface area contributed by atoms with Gasteiger partial charge in [0.15, 0.2) is 16.6 Å². The molecule has 0 bridgehead atoms. The maximum Gasteiger partial charge on any atom is 0.500 e. The van der Waals surface area contributed by atoms with E-state index in [9.17, 15) is 0 Å². The lowest BCUT2D eigenvalue weighted by molar-refractivity contribution is 0.0723. The molecule has 0 aromatic carbocycles. The van der Waals surface area contributed by atoms with E-state index in [4.69, 9.17) is 17.4 Å². The number of rotatable bonds is 17. The SMILES string of the molecule is CCO[Si](CC[Si](C)(C)O[Si](C)(C)CCCN([Si](C)(C)C)[Si](C)(C)C)(OCC)OCC. The Labute approximate surface area is 200 Å². The normalized spacial score (nSPS) is 14.5. The first-order valence-corrected chi connectivity index (χ1v) is 27.4. The molecule has 0 saturated heterocycles. The number of hydrogen-bond donors (Lipinski definition) is 0. The summed E-state index contributed by atoms with van der Waals surface area (Å²) in [6.45, 7) is 33.7. The van der Waals surface area contributed by atoms with E-state index >= 15 is 0 Å². The topological polar surface area (TPSA) is 40.2 Å². The molecule has 0 N–H and O–H groups in total. The van der Waals surface area contributed by atoms with Gasteiger partial charge in [-0.3, -0.25) is 0 Å². The van der Waals surface area contributed by atoms with Crippen LogP contribution in [0.2, 0.25) is 83.6 Å². The van der Waals surface area contributed by atoms with Gasteiger partial charge in [-0.15, -0.1) is 0 Å². The fraction of sp³-hybridized carbons (Fsp3) is 1.00. The summed E-state index contributed by atoms with van der Waals surface area (Å²) in [4.78, 5) is 0. The van der Waals surface area contributed by atoms with Crippen LogP contribution in [0.1, 0.15) is 27.2 Å². The highest BCUT2D eigenvalue weighted by Gasteiger charge is 2.43. The van der Waals surface area contributed by atoms with E-state index in [0.29, 0.717) is 19.8 Å². The molecule has 0 unspecified atom stereocenters. The van der Waals surface area contributed by atoms with Gasteiger partial charge in [-0.1, -0.05) is 39.3 Å². The third kappa shape index (κ3) is 12.8. The Morgan fingerprint density at radius 2 is 0.935 bits per heavy atom.